The quantitative estimate of drug-likeness (QED) is 0.477. The molecule has 0 heterocycles. The van der Waals surface area contributed by atoms with Crippen molar-refractivity contribution in [1.29, 1.82) is 0 Å². The standard InChI is InChI=1S/C16H15NO2/c1-19-16(15(18)14-10-6-3-7-11-14)17-12-13-8-4-2-5-9-13/h2-11H,12H2,1H3. The number of hydrogen-bond donors (Lipinski definition) is 0. The Morgan fingerprint density at radius 1 is 1.00 bits per heavy atom. The summed E-state index contributed by atoms with van der Waals surface area (Å²) in [6, 6.07) is 18.7. The van der Waals surface area contributed by atoms with E-state index in [1.165, 1.54) is 7.11 Å². The smallest absolute Gasteiger partial charge is 0.258 e. The third-order valence-electron chi connectivity index (χ3n) is 2.67. The Balaban J connectivity index is 2.14. The summed E-state index contributed by atoms with van der Waals surface area (Å²) in [6.45, 7) is 0.433. The first kappa shape index (κ1) is 13.0. The fourth-order valence-corrected chi connectivity index (χ4v) is 1.69. The van der Waals surface area contributed by atoms with Crippen LogP contribution in [0, 0.1) is 0 Å². The van der Waals surface area contributed by atoms with Gasteiger partial charge in [-0.1, -0.05) is 60.7 Å². The van der Waals surface area contributed by atoms with Crippen molar-refractivity contribution in [2.75, 3.05) is 7.11 Å². The summed E-state index contributed by atoms with van der Waals surface area (Å²) in [6.07, 6.45) is 0. The zero-order valence-electron chi connectivity index (χ0n) is 10.7. The second-order valence-electron chi connectivity index (χ2n) is 4.01. The number of benzene rings is 2. The van der Waals surface area contributed by atoms with Crippen molar-refractivity contribution in [2.24, 2.45) is 4.99 Å². The average molecular weight is 253 g/mol. The van der Waals surface area contributed by atoms with Crippen LogP contribution in [0.2, 0.25) is 0 Å². The molecule has 3 heteroatoms. The van der Waals surface area contributed by atoms with E-state index in [4.69, 9.17) is 4.74 Å². The van der Waals surface area contributed by atoms with E-state index in [0.717, 1.165) is 5.56 Å². The van der Waals surface area contributed by atoms with E-state index in [1.807, 2.05) is 48.5 Å². The minimum atomic E-state index is -0.195. The first-order chi connectivity index (χ1) is 9.31. The van der Waals surface area contributed by atoms with Crippen LogP contribution in [-0.4, -0.2) is 18.8 Å². The molecule has 2 rings (SSSR count). The molecule has 0 amide bonds. The predicted octanol–water partition coefficient (Wildman–Crippen LogP) is 3.11. The van der Waals surface area contributed by atoms with Gasteiger partial charge in [0.15, 0.2) is 0 Å². The molecule has 0 atom stereocenters. The van der Waals surface area contributed by atoms with Crippen LogP contribution in [0.5, 0.6) is 0 Å². The lowest BCUT2D eigenvalue weighted by atomic mass is 10.1. The molecule has 0 unspecified atom stereocenters. The summed E-state index contributed by atoms with van der Waals surface area (Å²) < 4.78 is 5.09. The van der Waals surface area contributed by atoms with E-state index < -0.39 is 0 Å². The summed E-state index contributed by atoms with van der Waals surface area (Å²) in [5.41, 5.74) is 1.62. The second-order valence-corrected chi connectivity index (χ2v) is 4.01. The second kappa shape index (κ2) is 6.50. The van der Waals surface area contributed by atoms with E-state index >= 15 is 0 Å². The van der Waals surface area contributed by atoms with Gasteiger partial charge in [0, 0.05) is 5.56 Å². The van der Waals surface area contributed by atoms with Crippen LogP contribution in [0.25, 0.3) is 0 Å². The number of aliphatic imine (C=N–C) groups is 1. The number of methoxy groups -OCH3 is 1. The molecule has 0 fully saturated rings. The van der Waals surface area contributed by atoms with Gasteiger partial charge in [-0.15, -0.1) is 0 Å². The van der Waals surface area contributed by atoms with Crippen LogP contribution in [0.15, 0.2) is 65.7 Å². The van der Waals surface area contributed by atoms with Crippen LogP contribution in [-0.2, 0) is 11.3 Å². The largest absolute Gasteiger partial charge is 0.478 e. The summed E-state index contributed by atoms with van der Waals surface area (Å²) in [4.78, 5) is 16.4. The monoisotopic (exact) mass is 253 g/mol. The van der Waals surface area contributed by atoms with Gasteiger partial charge in [0.25, 0.3) is 5.90 Å². The van der Waals surface area contributed by atoms with Gasteiger partial charge in [-0.05, 0) is 5.56 Å². The molecule has 0 aromatic heterocycles. The van der Waals surface area contributed by atoms with E-state index in [-0.39, 0.29) is 11.7 Å². The summed E-state index contributed by atoms with van der Waals surface area (Å²) in [7, 11) is 1.46. The fraction of sp³-hybridized carbons (Fsp3) is 0.125. The van der Waals surface area contributed by atoms with Crippen LogP contribution in [0.3, 0.4) is 0 Å². The lowest BCUT2D eigenvalue weighted by Crippen LogP contribution is -2.16. The highest BCUT2D eigenvalue weighted by atomic mass is 16.5. The number of carbonyl (C=O) groups is 1. The van der Waals surface area contributed by atoms with Crippen molar-refractivity contribution in [2.45, 2.75) is 6.54 Å². The van der Waals surface area contributed by atoms with E-state index in [0.29, 0.717) is 12.1 Å². The van der Waals surface area contributed by atoms with Gasteiger partial charge >= 0.3 is 0 Å². The third kappa shape index (κ3) is 3.52. The summed E-state index contributed by atoms with van der Waals surface area (Å²) in [5.74, 6) is -0.0610. The van der Waals surface area contributed by atoms with Crippen molar-refractivity contribution in [3.05, 3.63) is 71.8 Å². The Kier molecular flexibility index (Phi) is 4.45. The van der Waals surface area contributed by atoms with Gasteiger partial charge in [0.1, 0.15) is 0 Å². The minimum Gasteiger partial charge on any atom is -0.478 e. The third-order valence-corrected chi connectivity index (χ3v) is 2.67. The predicted molar refractivity (Wildman–Crippen MR) is 75.4 cm³/mol. The van der Waals surface area contributed by atoms with Crippen LogP contribution < -0.4 is 0 Å². The molecule has 2 aromatic carbocycles. The highest BCUT2D eigenvalue weighted by Gasteiger charge is 2.13. The van der Waals surface area contributed by atoms with Crippen molar-refractivity contribution in [3.8, 4) is 0 Å². The Morgan fingerprint density at radius 3 is 2.16 bits per heavy atom. The van der Waals surface area contributed by atoms with Crippen LogP contribution in [0.1, 0.15) is 15.9 Å². The fourth-order valence-electron chi connectivity index (χ4n) is 1.69. The molecular formula is C16H15NO2. The van der Waals surface area contributed by atoms with Crippen molar-refractivity contribution >= 4 is 11.7 Å². The minimum absolute atomic E-state index is 0.134. The van der Waals surface area contributed by atoms with Crippen LogP contribution in [0.4, 0.5) is 0 Å². The zero-order valence-corrected chi connectivity index (χ0v) is 10.7. The number of rotatable bonds is 4. The number of Topliss-reactive ketones (excluding diaryl/α,β-unsaturated/α-hetero) is 1. The highest BCUT2D eigenvalue weighted by Crippen LogP contribution is 2.05. The summed E-state index contributed by atoms with van der Waals surface area (Å²) in [5, 5.41) is 0. The maximum atomic E-state index is 12.1. The molecule has 2 aromatic rings. The Bertz CT molecular complexity index is 562. The molecule has 0 saturated carbocycles. The first-order valence-corrected chi connectivity index (χ1v) is 6.03. The molecule has 0 N–H and O–H groups in total. The number of hydrogen-bond acceptors (Lipinski definition) is 3. The SMILES string of the molecule is COC(=NCc1ccccc1)C(=O)c1ccccc1. The maximum absolute atomic E-state index is 12.1. The molecule has 0 saturated heterocycles. The molecule has 19 heavy (non-hydrogen) atoms. The van der Waals surface area contributed by atoms with Gasteiger partial charge in [-0.25, -0.2) is 4.99 Å². The topological polar surface area (TPSA) is 38.7 Å². The number of carbonyl (C=O) groups excluding carboxylic acids is 1. The van der Waals surface area contributed by atoms with Gasteiger partial charge in [-0.3, -0.25) is 4.79 Å². The number of nitrogens with zero attached hydrogens (tertiary/aromatic N) is 1. The Hall–Kier alpha value is -2.42. The van der Waals surface area contributed by atoms with E-state index in [9.17, 15) is 4.79 Å². The van der Waals surface area contributed by atoms with Crippen molar-refractivity contribution < 1.29 is 9.53 Å². The normalized spacial score (nSPS) is 11.1. The Morgan fingerprint density at radius 2 is 1.58 bits per heavy atom. The van der Waals surface area contributed by atoms with E-state index in [2.05, 4.69) is 4.99 Å². The molecule has 0 aliphatic carbocycles. The molecule has 0 aliphatic rings. The number of ether oxygens (including phenoxy) is 1. The van der Waals surface area contributed by atoms with Crippen molar-refractivity contribution in [3.63, 3.8) is 0 Å². The molecule has 96 valence electrons. The molecule has 0 spiro atoms. The molecular weight excluding hydrogens is 238 g/mol. The lowest BCUT2D eigenvalue weighted by Gasteiger charge is -2.04. The molecule has 0 bridgehead atoms. The first-order valence-electron chi connectivity index (χ1n) is 6.03. The summed E-state index contributed by atoms with van der Waals surface area (Å²) >= 11 is 0. The van der Waals surface area contributed by atoms with Gasteiger partial charge in [0.2, 0.25) is 5.78 Å². The maximum Gasteiger partial charge on any atom is 0.258 e. The van der Waals surface area contributed by atoms with Crippen molar-refractivity contribution in [1.82, 2.24) is 0 Å². The molecule has 0 radical (unpaired) electrons. The van der Waals surface area contributed by atoms with E-state index in [1.54, 1.807) is 12.1 Å². The zero-order chi connectivity index (χ0) is 13.5. The van der Waals surface area contributed by atoms with Gasteiger partial charge < -0.3 is 4.74 Å². The molecule has 0 aliphatic heterocycles. The Labute approximate surface area is 112 Å². The van der Waals surface area contributed by atoms with Crippen LogP contribution >= 0.6 is 0 Å². The number of ketones is 1. The molecule has 3 nitrogen and oxygen atoms in total. The van der Waals surface area contributed by atoms with Gasteiger partial charge in [-0.2, -0.15) is 0 Å². The highest BCUT2D eigenvalue weighted by molar-refractivity contribution is 6.42. The lowest BCUT2D eigenvalue weighted by molar-refractivity contribution is 0.103. The van der Waals surface area contributed by atoms with Gasteiger partial charge in [0.05, 0.1) is 13.7 Å². The average Bonchev–Trinajstić information content (AvgIpc) is 2.49.